The second kappa shape index (κ2) is 9.11. The minimum Gasteiger partial charge on any atom is -0.334 e. The van der Waals surface area contributed by atoms with Gasteiger partial charge in [-0.1, -0.05) is 19.0 Å². The lowest BCUT2D eigenvalue weighted by molar-refractivity contribution is 0.190. The molecule has 1 aliphatic heterocycles. The van der Waals surface area contributed by atoms with E-state index in [4.69, 9.17) is 4.52 Å². The van der Waals surface area contributed by atoms with Crippen LogP contribution in [0.4, 0.5) is 0 Å². The number of likely N-dealkylation sites (N-methyl/N-ethyl adjacent to an activating group) is 1. The largest absolute Gasteiger partial charge is 0.334 e. The molecular formula is C17H26ClN5O3S. The van der Waals surface area contributed by atoms with Gasteiger partial charge in [0.1, 0.15) is 0 Å². The van der Waals surface area contributed by atoms with Crippen LogP contribution >= 0.6 is 12.4 Å². The highest BCUT2D eigenvalue weighted by Crippen LogP contribution is 2.23. The molecule has 0 spiro atoms. The Morgan fingerprint density at radius 2 is 2.04 bits per heavy atom. The molecule has 2 N–H and O–H groups in total. The van der Waals surface area contributed by atoms with E-state index in [9.17, 15) is 8.42 Å². The number of halogens is 1. The SMILES string of the molecule is CC(C)CNS(=O)(=O)c1ccc(-c2nc(C3CNCCN3C)no2)cc1.Cl. The van der Waals surface area contributed by atoms with Crippen LogP contribution in [0.15, 0.2) is 33.7 Å². The molecule has 0 bridgehead atoms. The molecule has 0 radical (unpaired) electrons. The van der Waals surface area contributed by atoms with E-state index in [1.807, 2.05) is 20.9 Å². The zero-order chi connectivity index (χ0) is 18.7. The van der Waals surface area contributed by atoms with E-state index in [-0.39, 0.29) is 29.3 Å². The van der Waals surface area contributed by atoms with Crippen LogP contribution < -0.4 is 10.0 Å². The standard InChI is InChI=1S/C17H25N5O3S.ClH/c1-12(2)10-19-26(23,24)14-6-4-13(5-7-14)17-20-16(21-25-17)15-11-18-8-9-22(15)3;/h4-7,12,15,18-19H,8-11H2,1-3H3;1H. The molecule has 1 atom stereocenters. The van der Waals surface area contributed by atoms with E-state index in [1.165, 1.54) is 0 Å². The van der Waals surface area contributed by atoms with Gasteiger partial charge < -0.3 is 9.84 Å². The van der Waals surface area contributed by atoms with Crippen LogP contribution in [0.25, 0.3) is 11.5 Å². The molecule has 1 aromatic carbocycles. The van der Waals surface area contributed by atoms with E-state index in [1.54, 1.807) is 24.3 Å². The first-order valence-electron chi connectivity index (χ1n) is 8.71. The molecule has 1 unspecified atom stereocenters. The first-order valence-corrected chi connectivity index (χ1v) is 10.2. The number of aromatic nitrogens is 2. The second-order valence-corrected chi connectivity index (χ2v) is 8.70. The van der Waals surface area contributed by atoms with Crippen molar-refractivity contribution >= 4 is 22.4 Å². The first-order chi connectivity index (χ1) is 12.4. The van der Waals surface area contributed by atoms with Crippen LogP contribution in [0.2, 0.25) is 0 Å². The van der Waals surface area contributed by atoms with Gasteiger partial charge in [-0.05, 0) is 37.2 Å². The molecular weight excluding hydrogens is 390 g/mol. The fourth-order valence-corrected chi connectivity index (χ4v) is 3.93. The Labute approximate surface area is 166 Å². The summed E-state index contributed by atoms with van der Waals surface area (Å²) in [4.78, 5) is 6.88. The van der Waals surface area contributed by atoms with Crippen molar-refractivity contribution in [3.8, 4) is 11.5 Å². The van der Waals surface area contributed by atoms with Gasteiger partial charge in [-0.2, -0.15) is 4.98 Å². The maximum atomic E-state index is 12.3. The lowest BCUT2D eigenvalue weighted by Crippen LogP contribution is -2.44. The molecule has 10 heteroatoms. The van der Waals surface area contributed by atoms with Crippen LogP contribution in [-0.4, -0.2) is 56.7 Å². The van der Waals surface area contributed by atoms with Gasteiger partial charge in [0.15, 0.2) is 5.82 Å². The van der Waals surface area contributed by atoms with Gasteiger partial charge in [0, 0.05) is 31.7 Å². The summed E-state index contributed by atoms with van der Waals surface area (Å²) in [6.45, 7) is 6.95. The van der Waals surface area contributed by atoms with Crippen molar-refractivity contribution in [3.05, 3.63) is 30.1 Å². The zero-order valence-corrected chi connectivity index (χ0v) is 17.3. The number of hydrogen-bond donors (Lipinski definition) is 2. The number of benzene rings is 1. The average Bonchev–Trinajstić information content (AvgIpc) is 3.10. The van der Waals surface area contributed by atoms with E-state index >= 15 is 0 Å². The molecule has 150 valence electrons. The highest BCUT2D eigenvalue weighted by molar-refractivity contribution is 7.89. The number of nitrogens with zero attached hydrogens (tertiary/aromatic N) is 3. The Balaban J connectivity index is 0.00000261. The Kier molecular flexibility index (Phi) is 7.35. The van der Waals surface area contributed by atoms with Crippen LogP contribution in [0.1, 0.15) is 25.7 Å². The maximum absolute atomic E-state index is 12.3. The highest BCUT2D eigenvalue weighted by atomic mass is 35.5. The summed E-state index contributed by atoms with van der Waals surface area (Å²) in [6, 6.07) is 6.54. The third-order valence-corrected chi connectivity index (χ3v) is 5.78. The van der Waals surface area contributed by atoms with Crippen molar-refractivity contribution in [3.63, 3.8) is 0 Å². The van der Waals surface area contributed by atoms with E-state index in [0.29, 0.717) is 23.8 Å². The summed E-state index contributed by atoms with van der Waals surface area (Å²) in [5.41, 5.74) is 0.693. The summed E-state index contributed by atoms with van der Waals surface area (Å²) >= 11 is 0. The third-order valence-electron chi connectivity index (χ3n) is 4.34. The Morgan fingerprint density at radius 3 is 2.67 bits per heavy atom. The summed E-state index contributed by atoms with van der Waals surface area (Å²) < 4.78 is 32.5. The minimum atomic E-state index is -3.51. The third kappa shape index (κ3) is 5.26. The van der Waals surface area contributed by atoms with Gasteiger partial charge in [-0.3, -0.25) is 4.90 Å². The molecule has 0 saturated carbocycles. The summed E-state index contributed by atoms with van der Waals surface area (Å²) in [5.74, 6) is 1.26. The molecule has 1 fully saturated rings. The summed E-state index contributed by atoms with van der Waals surface area (Å²) in [5, 5.41) is 7.41. The molecule has 8 nitrogen and oxygen atoms in total. The molecule has 2 heterocycles. The smallest absolute Gasteiger partial charge is 0.257 e. The fraction of sp³-hybridized carbons (Fsp3) is 0.529. The van der Waals surface area contributed by atoms with E-state index in [2.05, 4.69) is 25.1 Å². The first kappa shape index (κ1) is 21.8. The zero-order valence-electron chi connectivity index (χ0n) is 15.7. The van der Waals surface area contributed by atoms with Crippen LogP contribution in [-0.2, 0) is 10.0 Å². The highest BCUT2D eigenvalue weighted by Gasteiger charge is 2.25. The quantitative estimate of drug-likeness (QED) is 0.740. The van der Waals surface area contributed by atoms with Crippen molar-refractivity contribution in [2.45, 2.75) is 24.8 Å². The van der Waals surface area contributed by atoms with Crippen LogP contribution in [0, 0.1) is 5.92 Å². The fourth-order valence-electron chi connectivity index (χ4n) is 2.72. The second-order valence-electron chi connectivity index (χ2n) is 6.93. The molecule has 1 saturated heterocycles. The number of nitrogens with one attached hydrogen (secondary N) is 2. The van der Waals surface area contributed by atoms with Gasteiger partial charge in [-0.25, -0.2) is 13.1 Å². The molecule has 0 aliphatic carbocycles. The Morgan fingerprint density at radius 1 is 1.33 bits per heavy atom. The lowest BCUT2D eigenvalue weighted by atomic mass is 10.2. The van der Waals surface area contributed by atoms with Gasteiger partial charge >= 0.3 is 0 Å². The summed E-state index contributed by atoms with van der Waals surface area (Å²) in [7, 11) is -1.47. The van der Waals surface area contributed by atoms with Gasteiger partial charge in [0.2, 0.25) is 10.0 Å². The Hall–Kier alpha value is -1.52. The van der Waals surface area contributed by atoms with E-state index in [0.717, 1.165) is 19.6 Å². The topological polar surface area (TPSA) is 100 Å². The molecule has 1 aliphatic rings. The monoisotopic (exact) mass is 415 g/mol. The van der Waals surface area contributed by atoms with Gasteiger partial charge in [0.05, 0.1) is 10.9 Å². The molecule has 27 heavy (non-hydrogen) atoms. The molecule has 3 rings (SSSR count). The van der Waals surface area contributed by atoms with Crippen LogP contribution in [0.3, 0.4) is 0 Å². The van der Waals surface area contributed by atoms with E-state index < -0.39 is 10.0 Å². The number of sulfonamides is 1. The lowest BCUT2D eigenvalue weighted by Gasteiger charge is -2.30. The van der Waals surface area contributed by atoms with Gasteiger partial charge in [-0.15, -0.1) is 12.4 Å². The van der Waals surface area contributed by atoms with Crippen molar-refractivity contribution in [2.75, 3.05) is 33.2 Å². The van der Waals surface area contributed by atoms with Gasteiger partial charge in [0.25, 0.3) is 5.89 Å². The minimum absolute atomic E-state index is 0. The number of rotatable bonds is 6. The normalized spacial score (nSPS) is 18.4. The van der Waals surface area contributed by atoms with Crippen molar-refractivity contribution in [1.82, 2.24) is 25.1 Å². The number of hydrogen-bond acceptors (Lipinski definition) is 7. The van der Waals surface area contributed by atoms with Crippen molar-refractivity contribution < 1.29 is 12.9 Å². The summed E-state index contributed by atoms with van der Waals surface area (Å²) in [6.07, 6.45) is 0. The van der Waals surface area contributed by atoms with Crippen LogP contribution in [0.5, 0.6) is 0 Å². The molecule has 1 aromatic heterocycles. The molecule has 0 amide bonds. The van der Waals surface area contributed by atoms with Crippen molar-refractivity contribution in [2.24, 2.45) is 5.92 Å². The predicted octanol–water partition coefficient (Wildman–Crippen LogP) is 1.67. The predicted molar refractivity (Wildman–Crippen MR) is 105 cm³/mol. The Bertz CT molecular complexity index is 839. The maximum Gasteiger partial charge on any atom is 0.257 e. The average molecular weight is 416 g/mol. The van der Waals surface area contributed by atoms with Crippen molar-refractivity contribution in [1.29, 1.82) is 0 Å². The number of piperazine rings is 1. The molecule has 2 aromatic rings.